The minimum absolute atomic E-state index is 0.0613. The molecular weight excluding hydrogens is 242 g/mol. The highest BCUT2D eigenvalue weighted by Gasteiger charge is 2.14. The molecule has 0 atom stereocenters. The van der Waals surface area contributed by atoms with Gasteiger partial charge in [-0.25, -0.2) is 4.79 Å². The van der Waals surface area contributed by atoms with Gasteiger partial charge in [-0.15, -0.1) is 0 Å². The summed E-state index contributed by atoms with van der Waals surface area (Å²) in [4.78, 5) is 26.8. The Bertz CT molecular complexity index is 617. The largest absolute Gasteiger partial charge is 0.497 e. The predicted octanol–water partition coefficient (Wildman–Crippen LogP) is 0.584. The molecule has 1 aromatic heterocycles. The molecule has 88 valence electrons. The van der Waals surface area contributed by atoms with Gasteiger partial charge in [0.1, 0.15) is 5.75 Å². The van der Waals surface area contributed by atoms with Crippen LogP contribution in [0.1, 0.15) is 10.4 Å². The highest BCUT2D eigenvalue weighted by atomic mass is 32.1. The van der Waals surface area contributed by atoms with Crippen molar-refractivity contribution < 1.29 is 9.53 Å². The van der Waals surface area contributed by atoms with Crippen molar-refractivity contribution in [3.63, 3.8) is 0 Å². The quantitative estimate of drug-likeness (QED) is 0.843. The van der Waals surface area contributed by atoms with Gasteiger partial charge in [-0.1, -0.05) is 6.07 Å². The fraction of sp³-hybridized carbons (Fsp3) is 0.100. The second-order valence-corrected chi connectivity index (χ2v) is 4.12. The van der Waals surface area contributed by atoms with Crippen molar-refractivity contribution in [3.05, 3.63) is 40.3 Å². The zero-order valence-corrected chi connectivity index (χ0v) is 9.73. The normalized spacial score (nSPS) is 10.2. The van der Waals surface area contributed by atoms with Crippen molar-refractivity contribution in [2.75, 3.05) is 12.8 Å². The summed E-state index contributed by atoms with van der Waals surface area (Å²) in [6.07, 6.45) is 0. The third kappa shape index (κ3) is 2.18. The van der Waals surface area contributed by atoms with Crippen LogP contribution in [0.4, 0.5) is 5.13 Å². The first-order chi connectivity index (χ1) is 8.11. The van der Waals surface area contributed by atoms with E-state index >= 15 is 0 Å². The van der Waals surface area contributed by atoms with Crippen molar-refractivity contribution in [3.8, 4) is 5.75 Å². The lowest BCUT2D eigenvalue weighted by Crippen LogP contribution is -2.23. The van der Waals surface area contributed by atoms with E-state index in [0.29, 0.717) is 11.3 Å². The maximum Gasteiger partial charge on any atom is 0.367 e. The minimum Gasteiger partial charge on any atom is -0.497 e. The number of ether oxygens (including phenoxy) is 1. The minimum atomic E-state index is -0.666. The van der Waals surface area contributed by atoms with Crippen LogP contribution in [-0.4, -0.2) is 22.0 Å². The Hall–Kier alpha value is -2.15. The highest BCUT2D eigenvalue weighted by molar-refractivity contribution is 7.11. The van der Waals surface area contributed by atoms with Crippen LogP contribution in [0.2, 0.25) is 0 Å². The molecule has 2 aromatic rings. The van der Waals surface area contributed by atoms with Crippen molar-refractivity contribution in [1.29, 1.82) is 0 Å². The van der Waals surface area contributed by atoms with Gasteiger partial charge >= 0.3 is 5.69 Å². The van der Waals surface area contributed by atoms with E-state index in [1.54, 1.807) is 24.3 Å². The van der Waals surface area contributed by atoms with Crippen LogP contribution in [-0.2, 0) is 0 Å². The fourth-order valence-corrected chi connectivity index (χ4v) is 1.91. The van der Waals surface area contributed by atoms with Crippen molar-refractivity contribution in [2.45, 2.75) is 0 Å². The number of benzene rings is 1. The Morgan fingerprint density at radius 3 is 2.88 bits per heavy atom. The first-order valence-corrected chi connectivity index (χ1v) is 5.44. The number of hydrogen-bond donors (Lipinski definition) is 1. The van der Waals surface area contributed by atoms with Crippen molar-refractivity contribution in [2.24, 2.45) is 0 Å². The zero-order valence-electron chi connectivity index (χ0n) is 8.91. The van der Waals surface area contributed by atoms with E-state index in [9.17, 15) is 9.59 Å². The van der Waals surface area contributed by atoms with Gasteiger partial charge in [0.2, 0.25) is 5.13 Å². The Morgan fingerprint density at radius 2 is 2.29 bits per heavy atom. The molecule has 17 heavy (non-hydrogen) atoms. The number of aromatic nitrogens is 2. The van der Waals surface area contributed by atoms with Crippen LogP contribution in [0.25, 0.3) is 0 Å². The molecule has 0 saturated carbocycles. The molecule has 0 aliphatic carbocycles. The lowest BCUT2D eigenvalue weighted by atomic mass is 10.2. The average Bonchev–Trinajstić information content (AvgIpc) is 2.67. The highest BCUT2D eigenvalue weighted by Crippen LogP contribution is 2.14. The number of carbonyl (C=O) groups is 1. The standard InChI is InChI=1S/C10H9N3O3S/c1-16-7-4-2-3-6(5-7)8(14)13-10(15)12-9(11)17-13/h2-5H,1H3,(H2,11,12,15). The molecule has 6 nitrogen and oxygen atoms in total. The molecule has 1 heterocycles. The van der Waals surface area contributed by atoms with E-state index in [0.717, 1.165) is 15.5 Å². The second-order valence-electron chi connectivity index (χ2n) is 3.16. The van der Waals surface area contributed by atoms with Crippen molar-refractivity contribution >= 4 is 22.6 Å². The maximum atomic E-state index is 12.0. The molecule has 7 heteroatoms. The smallest absolute Gasteiger partial charge is 0.367 e. The van der Waals surface area contributed by atoms with Gasteiger partial charge in [0.05, 0.1) is 7.11 Å². The fourth-order valence-electron chi connectivity index (χ4n) is 1.29. The van der Waals surface area contributed by atoms with Crippen LogP contribution in [0.3, 0.4) is 0 Å². The summed E-state index contributed by atoms with van der Waals surface area (Å²) in [5.41, 5.74) is 5.04. The lowest BCUT2D eigenvalue weighted by Gasteiger charge is -2.02. The number of nitrogen functional groups attached to an aromatic ring is 1. The lowest BCUT2D eigenvalue weighted by molar-refractivity contribution is 0.0967. The summed E-state index contributed by atoms with van der Waals surface area (Å²) >= 11 is 0.811. The van der Waals surface area contributed by atoms with E-state index < -0.39 is 11.6 Å². The number of carbonyl (C=O) groups excluding carboxylic acids is 1. The third-order valence-electron chi connectivity index (χ3n) is 2.07. The van der Waals surface area contributed by atoms with Gasteiger partial charge in [-0.2, -0.15) is 8.94 Å². The van der Waals surface area contributed by atoms with Gasteiger partial charge in [0.25, 0.3) is 5.91 Å². The molecule has 0 radical (unpaired) electrons. The number of rotatable bonds is 2. The number of nitrogens with two attached hydrogens (primary N) is 1. The Labute approximate surface area is 100 Å². The summed E-state index contributed by atoms with van der Waals surface area (Å²) in [5.74, 6) is 0.0736. The van der Waals surface area contributed by atoms with Gasteiger partial charge in [-0.05, 0) is 29.7 Å². The van der Waals surface area contributed by atoms with Gasteiger partial charge in [0.15, 0.2) is 0 Å². The summed E-state index contributed by atoms with van der Waals surface area (Å²) < 4.78 is 5.91. The number of methoxy groups -OCH3 is 1. The zero-order chi connectivity index (χ0) is 12.4. The topological polar surface area (TPSA) is 87.2 Å². The summed E-state index contributed by atoms with van der Waals surface area (Å²) in [6, 6.07) is 6.51. The molecule has 2 N–H and O–H groups in total. The molecule has 0 fully saturated rings. The second kappa shape index (κ2) is 4.38. The Balaban J connectivity index is 2.43. The molecule has 0 saturated heterocycles. The van der Waals surface area contributed by atoms with E-state index in [4.69, 9.17) is 10.5 Å². The van der Waals surface area contributed by atoms with E-state index in [1.807, 2.05) is 0 Å². The summed E-state index contributed by atoms with van der Waals surface area (Å²) in [5, 5.41) is 0.0613. The summed E-state index contributed by atoms with van der Waals surface area (Å²) in [6.45, 7) is 0. The monoisotopic (exact) mass is 251 g/mol. The molecule has 1 aromatic carbocycles. The number of anilines is 1. The Morgan fingerprint density at radius 1 is 1.53 bits per heavy atom. The third-order valence-corrected chi connectivity index (χ3v) is 2.85. The van der Waals surface area contributed by atoms with Crippen LogP contribution < -0.4 is 16.2 Å². The van der Waals surface area contributed by atoms with Gasteiger partial charge in [-0.3, -0.25) is 4.79 Å². The maximum absolute atomic E-state index is 12.0. The predicted molar refractivity (Wildman–Crippen MR) is 63.5 cm³/mol. The molecule has 0 spiro atoms. The summed E-state index contributed by atoms with van der Waals surface area (Å²) in [7, 11) is 1.50. The van der Waals surface area contributed by atoms with E-state index in [2.05, 4.69) is 4.98 Å². The first-order valence-electron chi connectivity index (χ1n) is 4.66. The molecular formula is C10H9N3O3S. The molecule has 0 aliphatic heterocycles. The van der Waals surface area contributed by atoms with Crippen LogP contribution in [0.5, 0.6) is 5.75 Å². The van der Waals surface area contributed by atoms with Crippen LogP contribution in [0.15, 0.2) is 29.1 Å². The molecule has 0 bridgehead atoms. The van der Waals surface area contributed by atoms with Crippen LogP contribution in [0, 0.1) is 0 Å². The Kier molecular flexibility index (Phi) is 2.92. The molecule has 0 amide bonds. The van der Waals surface area contributed by atoms with E-state index in [-0.39, 0.29) is 5.13 Å². The first kappa shape index (κ1) is 11.3. The van der Waals surface area contributed by atoms with Crippen LogP contribution >= 0.6 is 11.5 Å². The number of hydrogen-bond acceptors (Lipinski definition) is 6. The van der Waals surface area contributed by atoms with Gasteiger partial charge < -0.3 is 10.5 Å². The van der Waals surface area contributed by atoms with Crippen molar-refractivity contribution in [1.82, 2.24) is 8.94 Å². The van der Waals surface area contributed by atoms with Gasteiger partial charge in [0, 0.05) is 5.56 Å². The molecule has 2 rings (SSSR count). The van der Waals surface area contributed by atoms with E-state index in [1.165, 1.54) is 7.11 Å². The SMILES string of the molecule is COc1cccc(C(=O)n2sc(N)nc2=O)c1. The molecule has 0 unspecified atom stereocenters. The molecule has 0 aliphatic rings. The number of nitrogens with zero attached hydrogens (tertiary/aromatic N) is 2. The average molecular weight is 251 g/mol.